The maximum atomic E-state index is 11.1. The predicted octanol–water partition coefficient (Wildman–Crippen LogP) is 4.15. The smallest absolute Gasteiger partial charge is 0.335 e. The van der Waals surface area contributed by atoms with E-state index in [-0.39, 0.29) is 11.3 Å². The van der Waals surface area contributed by atoms with Crippen LogP contribution in [0.25, 0.3) is 11.3 Å². The first kappa shape index (κ1) is 16.4. The number of carboxylic acids is 1. The molecular weight excluding hydrogens is 352 g/mol. The summed E-state index contributed by atoms with van der Waals surface area (Å²) in [6.45, 7) is 0. The summed E-state index contributed by atoms with van der Waals surface area (Å²) in [7, 11) is 0. The van der Waals surface area contributed by atoms with Crippen molar-refractivity contribution in [3.05, 3.63) is 81.5 Å². The molecule has 26 heavy (non-hydrogen) atoms. The van der Waals surface area contributed by atoms with E-state index in [1.807, 2.05) is 16.8 Å². The van der Waals surface area contributed by atoms with Crippen LogP contribution in [0, 0.1) is 0 Å². The number of hydrogen-bond donors (Lipinski definition) is 3. The number of aliphatic hydroxyl groups is 1. The van der Waals surface area contributed by atoms with Crippen molar-refractivity contribution in [3.63, 3.8) is 0 Å². The van der Waals surface area contributed by atoms with E-state index in [2.05, 4.69) is 0 Å². The lowest BCUT2D eigenvalue weighted by molar-refractivity contribution is 0.0697. The number of aliphatic hydroxyl groups excluding tert-OH is 1. The fourth-order valence-corrected chi connectivity index (χ4v) is 3.61. The molecule has 130 valence electrons. The molecule has 6 heteroatoms. The summed E-state index contributed by atoms with van der Waals surface area (Å²) in [5.74, 6) is -0.0794. The summed E-state index contributed by atoms with van der Waals surface area (Å²) in [5.41, 5.74) is 2.74. The van der Waals surface area contributed by atoms with Crippen LogP contribution in [0.1, 0.15) is 33.2 Å². The Hall–Kier alpha value is -3.09. The van der Waals surface area contributed by atoms with Crippen LogP contribution in [0.2, 0.25) is 0 Å². The van der Waals surface area contributed by atoms with E-state index in [0.717, 1.165) is 5.56 Å². The second-order valence-electron chi connectivity index (χ2n) is 5.86. The van der Waals surface area contributed by atoms with Crippen molar-refractivity contribution in [2.24, 2.45) is 0 Å². The van der Waals surface area contributed by atoms with Gasteiger partial charge < -0.3 is 20.1 Å². The van der Waals surface area contributed by atoms with E-state index >= 15 is 0 Å². The van der Waals surface area contributed by atoms with Crippen molar-refractivity contribution in [3.8, 4) is 11.5 Å². The highest BCUT2D eigenvalue weighted by molar-refractivity contribution is 7.08. The zero-order chi connectivity index (χ0) is 18.3. The van der Waals surface area contributed by atoms with Gasteiger partial charge in [0.2, 0.25) is 0 Å². The highest BCUT2D eigenvalue weighted by Crippen LogP contribution is 2.46. The number of aromatic hydroxyl groups is 1. The molecule has 1 atom stereocenters. The molecule has 0 bridgehead atoms. The SMILES string of the molecule is O=C(O)c1ccc(C2=C(c3ccsc3)Oc3cc(O)ccc3C2O)cc1. The molecule has 0 spiro atoms. The molecule has 3 aromatic rings. The van der Waals surface area contributed by atoms with Crippen LogP contribution in [-0.4, -0.2) is 21.3 Å². The molecule has 1 unspecified atom stereocenters. The molecule has 1 aliphatic heterocycles. The van der Waals surface area contributed by atoms with E-state index in [1.165, 1.54) is 35.6 Å². The van der Waals surface area contributed by atoms with E-state index in [9.17, 15) is 15.0 Å². The molecule has 2 aromatic carbocycles. The van der Waals surface area contributed by atoms with Gasteiger partial charge in [-0.25, -0.2) is 4.79 Å². The maximum absolute atomic E-state index is 11.1. The van der Waals surface area contributed by atoms with Gasteiger partial charge in [-0.15, -0.1) is 0 Å². The largest absolute Gasteiger partial charge is 0.508 e. The number of thiophene rings is 1. The van der Waals surface area contributed by atoms with Gasteiger partial charge in [0.05, 0.1) is 5.56 Å². The summed E-state index contributed by atoms with van der Waals surface area (Å²) in [6.07, 6.45) is -0.968. The van der Waals surface area contributed by atoms with Crippen LogP contribution in [0.4, 0.5) is 0 Å². The first-order chi connectivity index (χ1) is 12.5. The Balaban J connectivity index is 1.89. The lowest BCUT2D eigenvalue weighted by atomic mass is 9.89. The summed E-state index contributed by atoms with van der Waals surface area (Å²) < 4.78 is 6.02. The molecule has 4 rings (SSSR count). The predicted molar refractivity (Wildman–Crippen MR) is 98.2 cm³/mol. The molecule has 2 heterocycles. The van der Waals surface area contributed by atoms with Gasteiger partial charge in [-0.05, 0) is 41.3 Å². The van der Waals surface area contributed by atoms with Crippen molar-refractivity contribution in [1.29, 1.82) is 0 Å². The molecule has 5 nitrogen and oxygen atoms in total. The number of rotatable bonds is 3. The Morgan fingerprint density at radius 1 is 1.04 bits per heavy atom. The average molecular weight is 366 g/mol. The quantitative estimate of drug-likeness (QED) is 0.648. The molecule has 0 radical (unpaired) electrons. The number of phenols is 1. The number of ether oxygens (including phenoxy) is 1. The third-order valence-corrected chi connectivity index (χ3v) is 4.93. The van der Waals surface area contributed by atoms with Crippen LogP contribution in [0.3, 0.4) is 0 Å². The van der Waals surface area contributed by atoms with Gasteiger partial charge in [0.15, 0.2) is 0 Å². The number of hydrogen-bond acceptors (Lipinski definition) is 5. The van der Waals surface area contributed by atoms with Gasteiger partial charge in [-0.2, -0.15) is 11.3 Å². The number of fused-ring (bicyclic) bond motifs is 1. The monoisotopic (exact) mass is 366 g/mol. The van der Waals surface area contributed by atoms with E-state index in [0.29, 0.717) is 28.2 Å². The highest BCUT2D eigenvalue weighted by atomic mass is 32.1. The molecule has 0 saturated heterocycles. The minimum atomic E-state index is -1.01. The number of carbonyl (C=O) groups is 1. The molecular formula is C20H14O5S. The zero-order valence-electron chi connectivity index (χ0n) is 13.4. The fourth-order valence-electron chi connectivity index (χ4n) is 2.97. The van der Waals surface area contributed by atoms with Crippen LogP contribution in [0.15, 0.2) is 59.3 Å². The van der Waals surface area contributed by atoms with Gasteiger partial charge >= 0.3 is 5.97 Å². The first-order valence-electron chi connectivity index (χ1n) is 7.84. The van der Waals surface area contributed by atoms with Gasteiger partial charge in [0, 0.05) is 28.1 Å². The molecule has 0 saturated carbocycles. The normalized spacial score (nSPS) is 16.1. The highest BCUT2D eigenvalue weighted by Gasteiger charge is 2.30. The Morgan fingerprint density at radius 2 is 1.81 bits per heavy atom. The number of aromatic carboxylic acids is 1. The molecule has 0 amide bonds. The first-order valence-corrected chi connectivity index (χ1v) is 8.78. The summed E-state index contributed by atoms with van der Waals surface area (Å²) in [6, 6.07) is 12.8. The van der Waals surface area contributed by atoms with Gasteiger partial charge in [0.25, 0.3) is 0 Å². The van der Waals surface area contributed by atoms with Crippen LogP contribution in [0.5, 0.6) is 11.5 Å². The summed E-state index contributed by atoms with van der Waals surface area (Å²) in [5, 5.41) is 33.6. The minimum absolute atomic E-state index is 0.0508. The Kier molecular flexibility index (Phi) is 3.99. The van der Waals surface area contributed by atoms with Crippen LogP contribution >= 0.6 is 11.3 Å². The van der Waals surface area contributed by atoms with Crippen molar-refractivity contribution < 1.29 is 24.9 Å². The van der Waals surface area contributed by atoms with E-state index < -0.39 is 12.1 Å². The second kappa shape index (κ2) is 6.33. The second-order valence-corrected chi connectivity index (χ2v) is 6.64. The molecule has 0 aliphatic carbocycles. The van der Waals surface area contributed by atoms with Crippen LogP contribution in [-0.2, 0) is 0 Å². The average Bonchev–Trinajstić information content (AvgIpc) is 3.16. The standard InChI is InChI=1S/C20H14O5S/c21-14-5-6-15-16(9-14)25-19(13-7-8-26-10-13)17(18(15)22)11-1-3-12(4-2-11)20(23)24/h1-10,18,21-22H,(H,23,24). The Labute approximate surface area is 153 Å². The van der Waals surface area contributed by atoms with Crippen molar-refractivity contribution in [2.45, 2.75) is 6.10 Å². The molecule has 1 aliphatic rings. The number of phenolic OH excluding ortho intramolecular Hbond substituents is 1. The van der Waals surface area contributed by atoms with Gasteiger partial charge in [-0.1, -0.05) is 12.1 Å². The van der Waals surface area contributed by atoms with Crippen molar-refractivity contribution in [2.75, 3.05) is 0 Å². The molecule has 3 N–H and O–H groups in total. The topological polar surface area (TPSA) is 87.0 Å². The van der Waals surface area contributed by atoms with Crippen molar-refractivity contribution >= 4 is 28.6 Å². The lowest BCUT2D eigenvalue weighted by Gasteiger charge is -2.28. The third kappa shape index (κ3) is 2.75. The molecule has 0 fully saturated rings. The zero-order valence-corrected chi connectivity index (χ0v) is 14.2. The number of benzene rings is 2. The summed E-state index contributed by atoms with van der Waals surface area (Å²) >= 11 is 1.50. The summed E-state index contributed by atoms with van der Waals surface area (Å²) in [4.78, 5) is 11.1. The van der Waals surface area contributed by atoms with E-state index in [1.54, 1.807) is 18.2 Å². The lowest BCUT2D eigenvalue weighted by Crippen LogP contribution is -2.14. The number of carboxylic acid groups (broad SMARTS) is 1. The van der Waals surface area contributed by atoms with Gasteiger partial charge in [-0.3, -0.25) is 0 Å². The van der Waals surface area contributed by atoms with Gasteiger partial charge in [0.1, 0.15) is 23.4 Å². The third-order valence-electron chi connectivity index (χ3n) is 4.25. The Bertz CT molecular complexity index is 1000. The maximum Gasteiger partial charge on any atom is 0.335 e. The fraction of sp³-hybridized carbons (Fsp3) is 0.0500. The minimum Gasteiger partial charge on any atom is -0.508 e. The molecule has 1 aromatic heterocycles. The van der Waals surface area contributed by atoms with Crippen molar-refractivity contribution in [1.82, 2.24) is 0 Å². The Morgan fingerprint density at radius 3 is 2.46 bits per heavy atom. The van der Waals surface area contributed by atoms with E-state index in [4.69, 9.17) is 9.84 Å². The van der Waals surface area contributed by atoms with Crippen LogP contribution < -0.4 is 4.74 Å².